The fourth-order valence-corrected chi connectivity index (χ4v) is 3.73. The number of hydrogen-bond donors (Lipinski definition) is 1. The summed E-state index contributed by atoms with van der Waals surface area (Å²) in [4.78, 5) is 12.1. The van der Waals surface area contributed by atoms with E-state index in [1.807, 2.05) is 6.92 Å². The van der Waals surface area contributed by atoms with Gasteiger partial charge in [-0.15, -0.1) is 0 Å². The maximum atomic E-state index is 12.1. The molecule has 2 aromatic rings. The van der Waals surface area contributed by atoms with Crippen LogP contribution in [0.25, 0.3) is 0 Å². The van der Waals surface area contributed by atoms with Crippen LogP contribution in [-0.2, 0) is 11.4 Å². The number of furan rings is 1. The minimum Gasteiger partial charge on any atom is -0.486 e. The largest absolute Gasteiger partial charge is 0.486 e. The lowest BCUT2D eigenvalue weighted by atomic mass is 10.1. The highest BCUT2D eigenvalue weighted by Crippen LogP contribution is 2.66. The summed E-state index contributed by atoms with van der Waals surface area (Å²) >= 11 is 6.90. The van der Waals surface area contributed by atoms with E-state index in [9.17, 15) is 4.79 Å². The summed E-state index contributed by atoms with van der Waals surface area (Å²) in [5.74, 6) is 1.61. The Morgan fingerprint density at radius 3 is 2.69 bits per heavy atom. The maximum absolute atomic E-state index is 12.1. The first-order valence-electron chi connectivity index (χ1n) is 7.77. The molecule has 1 unspecified atom stereocenters. The van der Waals surface area contributed by atoms with Gasteiger partial charge >= 0.3 is 0 Å². The topological polar surface area (TPSA) is 87.6 Å². The highest BCUT2D eigenvalue weighted by Gasteiger charge is 2.66. The molecule has 1 N–H and O–H groups in total. The predicted molar refractivity (Wildman–Crippen MR) is 103 cm³/mol. The fourth-order valence-electron chi connectivity index (χ4n) is 2.25. The number of carbonyl (C=O) groups is 1. The van der Waals surface area contributed by atoms with Crippen molar-refractivity contribution in [2.45, 2.75) is 23.2 Å². The molecule has 1 aliphatic carbocycles. The number of nitrogens with one attached hydrogen (secondary N) is 1. The molecule has 1 aromatic carbocycles. The van der Waals surface area contributed by atoms with Crippen molar-refractivity contribution in [2.24, 2.45) is 10.5 Å². The minimum absolute atomic E-state index is 0.168. The van der Waals surface area contributed by atoms with E-state index in [1.54, 1.807) is 36.4 Å². The molecule has 0 saturated heterocycles. The fraction of sp³-hybridized carbons (Fsp3) is 0.278. The Bertz CT molecular complexity index is 884. The van der Waals surface area contributed by atoms with Crippen LogP contribution in [0.5, 0.6) is 5.75 Å². The van der Waals surface area contributed by atoms with E-state index in [1.165, 1.54) is 6.21 Å². The van der Waals surface area contributed by atoms with Crippen LogP contribution in [0.1, 0.15) is 30.4 Å². The normalized spacial score (nSPS) is 20.5. The zero-order valence-electron chi connectivity index (χ0n) is 13.8. The van der Waals surface area contributed by atoms with Gasteiger partial charge in [-0.1, -0.05) is 31.9 Å². The second-order valence-corrected chi connectivity index (χ2v) is 9.91. The van der Waals surface area contributed by atoms with Crippen LogP contribution in [0.4, 0.5) is 0 Å². The lowest BCUT2D eigenvalue weighted by Crippen LogP contribution is -2.29. The molecule has 6 nitrogen and oxygen atoms in total. The first kappa shape index (κ1) is 18.7. The summed E-state index contributed by atoms with van der Waals surface area (Å²) in [6.45, 7) is 2.10. The Kier molecular flexibility index (Phi) is 5.21. The Balaban J connectivity index is 1.50. The molecule has 1 saturated carbocycles. The molecule has 1 atom stereocenters. The van der Waals surface area contributed by atoms with Crippen molar-refractivity contribution in [3.8, 4) is 11.8 Å². The molecule has 1 fully saturated rings. The summed E-state index contributed by atoms with van der Waals surface area (Å²) in [6, 6.07) is 12.4. The first-order chi connectivity index (χ1) is 12.3. The van der Waals surface area contributed by atoms with Gasteiger partial charge in [0.15, 0.2) is 0 Å². The van der Waals surface area contributed by atoms with Crippen molar-refractivity contribution >= 4 is 44.0 Å². The Labute approximate surface area is 167 Å². The smallest absolute Gasteiger partial charge is 0.248 e. The molecule has 0 spiro atoms. The van der Waals surface area contributed by atoms with Crippen molar-refractivity contribution in [2.75, 3.05) is 0 Å². The standard InChI is InChI=1S/C18H15Br2N3O3/c1-17(11-18(17,19)20)16(24)23-22-9-14-6-7-15(26-14)10-25-13-4-2-12(8-21)3-5-13/h2-7,9H,10-11H2,1H3,(H,23,24). The molecule has 26 heavy (non-hydrogen) atoms. The lowest BCUT2D eigenvalue weighted by Gasteiger charge is -2.09. The third-order valence-electron chi connectivity index (χ3n) is 4.16. The van der Waals surface area contributed by atoms with Gasteiger partial charge in [-0.3, -0.25) is 4.79 Å². The molecule has 1 aromatic heterocycles. The average Bonchev–Trinajstić information content (AvgIpc) is 2.96. The minimum atomic E-state index is -0.520. The number of hydrogen-bond acceptors (Lipinski definition) is 5. The molecule has 0 aliphatic heterocycles. The van der Waals surface area contributed by atoms with E-state index in [0.717, 1.165) is 0 Å². The van der Waals surface area contributed by atoms with Crippen LogP contribution in [0.2, 0.25) is 0 Å². The summed E-state index contributed by atoms with van der Waals surface area (Å²) < 4.78 is 10.8. The average molecular weight is 481 g/mol. The van der Waals surface area contributed by atoms with Crippen molar-refractivity contribution in [3.63, 3.8) is 0 Å². The number of amides is 1. The summed E-state index contributed by atoms with van der Waals surface area (Å²) in [6.07, 6.45) is 2.14. The van der Waals surface area contributed by atoms with Crippen molar-refractivity contribution < 1.29 is 13.9 Å². The van der Waals surface area contributed by atoms with Crippen LogP contribution in [0, 0.1) is 16.7 Å². The van der Waals surface area contributed by atoms with Crippen LogP contribution >= 0.6 is 31.9 Å². The van der Waals surface area contributed by atoms with Gasteiger partial charge in [0.1, 0.15) is 23.9 Å². The van der Waals surface area contributed by atoms with E-state index in [-0.39, 0.29) is 15.7 Å². The van der Waals surface area contributed by atoms with Crippen LogP contribution in [0.15, 0.2) is 45.9 Å². The number of benzene rings is 1. The van der Waals surface area contributed by atoms with Gasteiger partial charge in [0.2, 0.25) is 5.91 Å². The molecule has 8 heteroatoms. The van der Waals surface area contributed by atoms with E-state index >= 15 is 0 Å². The number of nitriles is 1. The third kappa shape index (κ3) is 4.00. The molecule has 0 radical (unpaired) electrons. The number of ether oxygens (including phenoxy) is 1. The summed E-state index contributed by atoms with van der Waals surface area (Å²) in [7, 11) is 0. The van der Waals surface area contributed by atoms with Crippen molar-refractivity contribution in [1.29, 1.82) is 5.26 Å². The van der Waals surface area contributed by atoms with Crippen LogP contribution < -0.4 is 10.2 Å². The number of carbonyl (C=O) groups excluding carboxylic acids is 1. The van der Waals surface area contributed by atoms with E-state index in [0.29, 0.717) is 29.3 Å². The Morgan fingerprint density at radius 2 is 2.08 bits per heavy atom. The SMILES string of the molecule is CC1(C(=O)NN=Cc2ccc(COc3ccc(C#N)cc3)o2)CC1(Br)Br. The molecule has 3 rings (SSSR count). The van der Waals surface area contributed by atoms with E-state index in [2.05, 4.69) is 48.5 Å². The summed E-state index contributed by atoms with van der Waals surface area (Å²) in [5.41, 5.74) is 2.58. The number of nitrogens with zero attached hydrogens (tertiary/aromatic N) is 2. The van der Waals surface area contributed by atoms with Gasteiger partial charge in [0, 0.05) is 0 Å². The van der Waals surface area contributed by atoms with Gasteiger partial charge in [-0.05, 0) is 49.7 Å². The second kappa shape index (κ2) is 7.25. The molecule has 134 valence electrons. The van der Waals surface area contributed by atoms with Crippen molar-refractivity contribution in [1.82, 2.24) is 5.43 Å². The zero-order valence-corrected chi connectivity index (χ0v) is 17.0. The predicted octanol–water partition coefficient (Wildman–Crippen LogP) is 4.08. The number of hydrazone groups is 1. The van der Waals surface area contributed by atoms with E-state index in [4.69, 9.17) is 14.4 Å². The zero-order chi connectivity index (χ0) is 18.8. The Morgan fingerprint density at radius 1 is 1.38 bits per heavy atom. The van der Waals surface area contributed by atoms with Crippen LogP contribution in [0.3, 0.4) is 0 Å². The highest BCUT2D eigenvalue weighted by molar-refractivity contribution is 9.25. The van der Waals surface area contributed by atoms with Gasteiger partial charge in [0.05, 0.1) is 26.5 Å². The molecule has 1 heterocycles. The molecule has 1 aliphatic rings. The van der Waals surface area contributed by atoms with Gasteiger partial charge in [0.25, 0.3) is 0 Å². The van der Waals surface area contributed by atoms with Crippen molar-refractivity contribution in [3.05, 3.63) is 53.5 Å². The molecular weight excluding hydrogens is 466 g/mol. The monoisotopic (exact) mass is 479 g/mol. The summed E-state index contributed by atoms with van der Waals surface area (Å²) in [5, 5.41) is 12.7. The van der Waals surface area contributed by atoms with Gasteiger partial charge in [-0.25, -0.2) is 5.43 Å². The molecular formula is C18H15Br2N3O3. The lowest BCUT2D eigenvalue weighted by molar-refractivity contribution is -0.125. The van der Waals surface area contributed by atoms with Crippen LogP contribution in [-0.4, -0.2) is 15.4 Å². The maximum Gasteiger partial charge on any atom is 0.248 e. The quantitative estimate of drug-likeness (QED) is 0.383. The third-order valence-corrected chi connectivity index (χ3v) is 6.47. The Hall–Kier alpha value is -2.11. The number of halogens is 2. The van der Waals surface area contributed by atoms with E-state index < -0.39 is 5.41 Å². The van der Waals surface area contributed by atoms with Gasteiger partial charge < -0.3 is 9.15 Å². The first-order valence-corrected chi connectivity index (χ1v) is 9.36. The number of alkyl halides is 2. The second-order valence-electron chi connectivity index (χ2n) is 6.14. The molecule has 1 amide bonds. The number of rotatable bonds is 6. The van der Waals surface area contributed by atoms with Gasteiger partial charge in [-0.2, -0.15) is 10.4 Å². The molecule has 0 bridgehead atoms. The highest BCUT2D eigenvalue weighted by atomic mass is 79.9.